The van der Waals surface area contributed by atoms with E-state index in [0.717, 1.165) is 56.9 Å². The van der Waals surface area contributed by atoms with E-state index in [1.54, 1.807) is 0 Å². The minimum Gasteiger partial charge on any atom is -0.388 e. The summed E-state index contributed by atoms with van der Waals surface area (Å²) in [6.45, 7) is 6.24. The zero-order valence-corrected chi connectivity index (χ0v) is 25.7. The standard InChI is InChI=1S/C26H29NO3.C9H17NO3/c1-24(2)23-20(28)13-18-17-9-8-14-12-16-15-6-4-5-7-19(15)27-22(16)21(14)25(17,3)10-11-26(18,29-23)30-24;11-6-8(12)10-7-9(13)4-2-1-3-5-9/h4-7,13-14,17,21,23,27H,8-12H2,1-3H3;11,13H,1-7H2,(H,10,12). The molecule has 4 aliphatic carbocycles. The molecule has 232 valence electrons. The Hall–Kier alpha value is -2.52. The van der Waals surface area contributed by atoms with Crippen molar-refractivity contribution in [2.75, 3.05) is 13.2 Å². The van der Waals surface area contributed by atoms with Crippen LogP contribution in [0, 0.1) is 17.3 Å². The highest BCUT2D eigenvalue weighted by Crippen LogP contribution is 2.68. The van der Waals surface area contributed by atoms with Gasteiger partial charge in [-0.05, 0) is 92.9 Å². The van der Waals surface area contributed by atoms with Crippen molar-refractivity contribution in [3.63, 3.8) is 0 Å². The van der Waals surface area contributed by atoms with Crippen molar-refractivity contribution >= 4 is 22.6 Å². The molecule has 1 aromatic heterocycles. The average Bonchev–Trinajstić information content (AvgIpc) is 3.60. The molecule has 43 heavy (non-hydrogen) atoms. The number of fused-ring (bicyclic) bond motifs is 9. The molecule has 0 radical (unpaired) electrons. The number of rotatable bonds is 3. The Balaban J connectivity index is 0.000000196. The van der Waals surface area contributed by atoms with Crippen LogP contribution in [0.3, 0.4) is 0 Å². The van der Waals surface area contributed by atoms with E-state index in [1.165, 1.54) is 35.0 Å². The first-order chi connectivity index (χ1) is 20.5. The molecule has 4 fully saturated rings. The van der Waals surface area contributed by atoms with Crippen molar-refractivity contribution in [2.24, 2.45) is 17.3 Å². The summed E-state index contributed by atoms with van der Waals surface area (Å²) < 4.78 is 12.9. The highest BCUT2D eigenvalue weighted by atomic mass is 16.8. The molecular weight excluding hydrogens is 544 g/mol. The van der Waals surface area contributed by atoms with Crippen LogP contribution in [0.25, 0.3) is 10.9 Å². The molecule has 6 aliphatic rings. The summed E-state index contributed by atoms with van der Waals surface area (Å²) in [6, 6.07) is 8.74. The maximum Gasteiger partial charge on any atom is 0.245 e. The van der Waals surface area contributed by atoms with Gasteiger partial charge in [0.1, 0.15) is 12.2 Å². The van der Waals surface area contributed by atoms with Crippen molar-refractivity contribution in [3.8, 4) is 0 Å². The van der Waals surface area contributed by atoms with Crippen LogP contribution >= 0.6 is 0 Å². The van der Waals surface area contributed by atoms with Gasteiger partial charge in [0, 0.05) is 35.5 Å². The Morgan fingerprint density at radius 2 is 1.84 bits per heavy atom. The fourth-order valence-corrected chi connectivity index (χ4v) is 9.69. The molecule has 1 aromatic carbocycles. The van der Waals surface area contributed by atoms with Crippen molar-refractivity contribution < 1.29 is 29.3 Å². The van der Waals surface area contributed by atoms with Gasteiger partial charge in [0.05, 0.1) is 5.60 Å². The van der Waals surface area contributed by atoms with Crippen molar-refractivity contribution in [1.29, 1.82) is 0 Å². The van der Waals surface area contributed by atoms with Gasteiger partial charge in [0.25, 0.3) is 0 Å². The molecule has 8 nitrogen and oxygen atoms in total. The number of aliphatic hydroxyl groups excluding tert-OH is 1. The van der Waals surface area contributed by atoms with Crippen LogP contribution < -0.4 is 5.32 Å². The molecule has 3 heterocycles. The number of ether oxygens (including phenoxy) is 2. The number of hydrogen-bond donors (Lipinski definition) is 4. The number of aromatic nitrogens is 1. The van der Waals surface area contributed by atoms with E-state index in [1.807, 2.05) is 19.9 Å². The minimum absolute atomic E-state index is 0.0900. The van der Waals surface area contributed by atoms with Gasteiger partial charge in [-0.15, -0.1) is 0 Å². The molecule has 2 bridgehead atoms. The molecule has 6 unspecified atom stereocenters. The number of aliphatic hydroxyl groups is 2. The normalized spacial score (nSPS) is 36.4. The van der Waals surface area contributed by atoms with E-state index in [0.29, 0.717) is 17.8 Å². The summed E-state index contributed by atoms with van der Waals surface area (Å²) in [7, 11) is 0. The average molecular weight is 591 g/mol. The first-order valence-corrected chi connectivity index (χ1v) is 16.3. The molecular formula is C35H46N2O6. The number of para-hydroxylation sites is 1. The Morgan fingerprint density at radius 3 is 2.60 bits per heavy atom. The van der Waals surface area contributed by atoms with Crippen molar-refractivity contribution in [3.05, 3.63) is 47.2 Å². The van der Waals surface area contributed by atoms with Crippen LogP contribution in [0.4, 0.5) is 0 Å². The van der Waals surface area contributed by atoms with Gasteiger partial charge >= 0.3 is 0 Å². The van der Waals surface area contributed by atoms with Crippen LogP contribution in [0.1, 0.15) is 95.7 Å². The van der Waals surface area contributed by atoms with E-state index >= 15 is 0 Å². The predicted octanol–water partition coefficient (Wildman–Crippen LogP) is 4.82. The molecule has 6 atom stereocenters. The maximum absolute atomic E-state index is 13.0. The molecule has 1 spiro atoms. The lowest BCUT2D eigenvalue weighted by Gasteiger charge is -2.57. The molecule has 8 heteroatoms. The Bertz CT molecular complexity index is 1470. The molecule has 8 rings (SSSR count). The first kappa shape index (κ1) is 29.2. The summed E-state index contributed by atoms with van der Waals surface area (Å²) >= 11 is 0. The van der Waals surface area contributed by atoms with Gasteiger partial charge in [0.15, 0.2) is 17.7 Å². The molecule has 3 saturated carbocycles. The van der Waals surface area contributed by atoms with Crippen LogP contribution in [-0.2, 0) is 25.5 Å². The highest BCUT2D eigenvalue weighted by molar-refractivity contribution is 5.97. The molecule has 2 aliphatic heterocycles. The lowest BCUT2D eigenvalue weighted by molar-refractivity contribution is -0.199. The minimum atomic E-state index is -0.733. The number of carbonyl (C=O) groups is 2. The third-order valence-corrected chi connectivity index (χ3v) is 11.7. The largest absolute Gasteiger partial charge is 0.388 e. The van der Waals surface area contributed by atoms with Crippen LogP contribution in [0.15, 0.2) is 35.9 Å². The number of nitrogens with one attached hydrogen (secondary N) is 2. The van der Waals surface area contributed by atoms with Gasteiger partial charge < -0.3 is 30.0 Å². The second kappa shape index (κ2) is 10.3. The summed E-state index contributed by atoms with van der Waals surface area (Å²) in [5.41, 5.74) is 4.22. The molecule has 4 N–H and O–H groups in total. The lowest BCUT2D eigenvalue weighted by atomic mass is 9.50. The molecule has 2 aromatic rings. The Labute approximate surface area is 253 Å². The Morgan fingerprint density at radius 1 is 1.07 bits per heavy atom. The SMILES string of the molecule is CC1(C)OC23CCC4(C)C(CCC5Cc6c([nH]c7ccccc67)C54)C2=CC(=O)C1O3.O=C(CO)NCC1(O)CCCCC1. The van der Waals surface area contributed by atoms with E-state index in [4.69, 9.17) is 14.6 Å². The molecule has 1 saturated heterocycles. The monoisotopic (exact) mass is 590 g/mol. The lowest BCUT2D eigenvalue weighted by Crippen LogP contribution is -2.54. The number of benzene rings is 1. The predicted molar refractivity (Wildman–Crippen MR) is 162 cm³/mol. The van der Waals surface area contributed by atoms with Crippen molar-refractivity contribution in [1.82, 2.24) is 10.3 Å². The number of amides is 1. The van der Waals surface area contributed by atoms with E-state index in [9.17, 15) is 14.7 Å². The summed E-state index contributed by atoms with van der Waals surface area (Å²) in [5.74, 6) is 0.538. The van der Waals surface area contributed by atoms with E-state index in [2.05, 4.69) is 41.5 Å². The summed E-state index contributed by atoms with van der Waals surface area (Å²) in [5, 5.41) is 22.3. The van der Waals surface area contributed by atoms with Gasteiger partial charge in [-0.1, -0.05) is 44.4 Å². The van der Waals surface area contributed by atoms with Crippen molar-refractivity contribution in [2.45, 2.75) is 114 Å². The third-order valence-electron chi connectivity index (χ3n) is 11.7. The van der Waals surface area contributed by atoms with Gasteiger partial charge in [-0.25, -0.2) is 0 Å². The van der Waals surface area contributed by atoms with Gasteiger partial charge in [-0.3, -0.25) is 9.59 Å². The van der Waals surface area contributed by atoms with Crippen LogP contribution in [0.2, 0.25) is 0 Å². The second-order valence-electron chi connectivity index (χ2n) is 14.8. The van der Waals surface area contributed by atoms with Crippen LogP contribution in [-0.4, -0.2) is 63.1 Å². The van der Waals surface area contributed by atoms with E-state index < -0.39 is 35.6 Å². The number of carbonyl (C=O) groups excluding carboxylic acids is 2. The second-order valence-corrected chi connectivity index (χ2v) is 14.8. The zero-order chi connectivity index (χ0) is 30.2. The number of H-pyrrole nitrogens is 1. The number of ketones is 1. The quantitative estimate of drug-likeness (QED) is 0.407. The van der Waals surface area contributed by atoms with E-state index in [-0.39, 0.29) is 17.7 Å². The number of hydrogen-bond acceptors (Lipinski definition) is 6. The fraction of sp³-hybridized carbons (Fsp3) is 0.657. The molecule has 1 amide bonds. The summed E-state index contributed by atoms with van der Waals surface area (Å²) in [4.78, 5) is 27.5. The third kappa shape index (κ3) is 4.63. The maximum atomic E-state index is 13.0. The Kier molecular flexibility index (Phi) is 6.97. The first-order valence-electron chi connectivity index (χ1n) is 16.3. The van der Waals surface area contributed by atoms with Gasteiger partial charge in [-0.2, -0.15) is 0 Å². The zero-order valence-electron chi connectivity index (χ0n) is 25.7. The van der Waals surface area contributed by atoms with Crippen LogP contribution in [0.5, 0.6) is 0 Å². The smallest absolute Gasteiger partial charge is 0.245 e. The highest BCUT2D eigenvalue weighted by Gasteiger charge is 2.67. The summed E-state index contributed by atoms with van der Waals surface area (Å²) in [6.07, 6.45) is 11.6. The van der Waals surface area contributed by atoms with Gasteiger partial charge in [0.2, 0.25) is 5.91 Å². The number of aromatic amines is 1. The fourth-order valence-electron chi connectivity index (χ4n) is 9.69. The topological polar surface area (TPSA) is 121 Å².